The van der Waals surface area contributed by atoms with E-state index >= 15 is 0 Å². The highest BCUT2D eigenvalue weighted by Gasteiger charge is 2.13. The molecule has 3 rings (SSSR count). The molecule has 0 radical (unpaired) electrons. The zero-order valence-corrected chi connectivity index (χ0v) is 17.3. The summed E-state index contributed by atoms with van der Waals surface area (Å²) in [6, 6.07) is 14.7. The number of rotatable bonds is 6. The lowest BCUT2D eigenvalue weighted by atomic mass is 9.87. The molecule has 0 fully saturated rings. The largest absolute Gasteiger partial charge is 0.352 e. The average Bonchev–Trinajstić information content (AvgIpc) is 2.68. The second kappa shape index (κ2) is 8.38. The van der Waals surface area contributed by atoms with E-state index in [-0.39, 0.29) is 5.41 Å². The van der Waals surface area contributed by atoms with E-state index in [2.05, 4.69) is 84.5 Å². The summed E-state index contributed by atoms with van der Waals surface area (Å²) in [5, 5.41) is 6.80. The van der Waals surface area contributed by atoms with E-state index < -0.39 is 0 Å². The fourth-order valence-electron chi connectivity index (χ4n) is 2.77. The van der Waals surface area contributed by atoms with Crippen LogP contribution in [0.15, 0.2) is 54.9 Å². The molecule has 2 heterocycles. The lowest BCUT2D eigenvalue weighted by Gasteiger charge is -2.19. The van der Waals surface area contributed by atoms with E-state index in [0.717, 1.165) is 29.2 Å². The number of benzene rings is 1. The molecule has 0 aliphatic carbocycles. The Hall–Kier alpha value is -2.95. The maximum atomic E-state index is 4.69. The van der Waals surface area contributed by atoms with Crippen LogP contribution < -0.4 is 10.6 Å². The van der Waals surface area contributed by atoms with Crippen LogP contribution in [0.2, 0.25) is 0 Å². The van der Waals surface area contributed by atoms with Gasteiger partial charge in [-0.2, -0.15) is 4.98 Å². The quantitative estimate of drug-likeness (QED) is 0.571. The summed E-state index contributed by atoms with van der Waals surface area (Å²) >= 11 is 0. The van der Waals surface area contributed by atoms with Crippen LogP contribution >= 0.6 is 0 Å². The van der Waals surface area contributed by atoms with Crippen LogP contribution in [-0.2, 0) is 5.41 Å². The first-order valence-corrected chi connectivity index (χ1v) is 9.78. The predicted molar refractivity (Wildman–Crippen MR) is 117 cm³/mol. The third kappa shape index (κ3) is 5.06. The number of aromatic nitrogens is 3. The molecule has 1 atom stereocenters. The molecule has 146 valence electrons. The fourth-order valence-corrected chi connectivity index (χ4v) is 2.77. The van der Waals surface area contributed by atoms with Crippen molar-refractivity contribution in [1.29, 1.82) is 0 Å². The van der Waals surface area contributed by atoms with E-state index in [1.54, 1.807) is 12.4 Å². The van der Waals surface area contributed by atoms with Crippen molar-refractivity contribution in [2.24, 2.45) is 0 Å². The number of nitrogens with one attached hydrogen (secondary N) is 2. The van der Waals surface area contributed by atoms with Crippen LogP contribution in [0.25, 0.3) is 11.3 Å². The van der Waals surface area contributed by atoms with E-state index in [9.17, 15) is 0 Å². The molecule has 0 saturated carbocycles. The molecule has 28 heavy (non-hydrogen) atoms. The van der Waals surface area contributed by atoms with Gasteiger partial charge in [0.15, 0.2) is 0 Å². The fraction of sp³-hybridized carbons (Fsp3) is 0.348. The van der Waals surface area contributed by atoms with Gasteiger partial charge in [0.2, 0.25) is 5.95 Å². The first-order chi connectivity index (χ1) is 13.3. The monoisotopic (exact) mass is 375 g/mol. The zero-order valence-electron chi connectivity index (χ0n) is 17.3. The molecule has 0 aliphatic rings. The number of pyridine rings is 1. The third-order valence-corrected chi connectivity index (χ3v) is 4.71. The van der Waals surface area contributed by atoms with Gasteiger partial charge in [0, 0.05) is 35.8 Å². The molecule has 5 nitrogen and oxygen atoms in total. The maximum absolute atomic E-state index is 4.69. The van der Waals surface area contributed by atoms with Gasteiger partial charge in [0.05, 0.1) is 5.69 Å². The average molecular weight is 376 g/mol. The first-order valence-electron chi connectivity index (χ1n) is 9.78. The molecule has 5 heteroatoms. The second-order valence-electron chi connectivity index (χ2n) is 8.10. The molecule has 0 amide bonds. The van der Waals surface area contributed by atoms with Crippen LogP contribution in [0.3, 0.4) is 0 Å². The van der Waals surface area contributed by atoms with Crippen molar-refractivity contribution in [1.82, 2.24) is 15.0 Å². The second-order valence-corrected chi connectivity index (χ2v) is 8.10. The van der Waals surface area contributed by atoms with Crippen molar-refractivity contribution >= 4 is 17.5 Å². The van der Waals surface area contributed by atoms with Crippen LogP contribution in [0.1, 0.15) is 46.6 Å². The minimum Gasteiger partial charge on any atom is -0.352 e. The van der Waals surface area contributed by atoms with Crippen molar-refractivity contribution in [2.45, 2.75) is 52.5 Å². The van der Waals surface area contributed by atoms with Crippen molar-refractivity contribution in [3.63, 3.8) is 0 Å². The molecule has 3 aromatic rings. The van der Waals surface area contributed by atoms with E-state index in [0.29, 0.717) is 12.0 Å². The highest BCUT2D eigenvalue weighted by Crippen LogP contribution is 2.26. The summed E-state index contributed by atoms with van der Waals surface area (Å²) in [6.07, 6.45) is 4.55. The summed E-state index contributed by atoms with van der Waals surface area (Å²) < 4.78 is 0. The smallest absolute Gasteiger partial charge is 0.225 e. The van der Waals surface area contributed by atoms with Crippen LogP contribution in [0, 0.1) is 0 Å². The van der Waals surface area contributed by atoms with E-state index in [4.69, 9.17) is 0 Å². The summed E-state index contributed by atoms with van der Waals surface area (Å²) in [4.78, 5) is 13.5. The predicted octanol–water partition coefficient (Wildman–Crippen LogP) is 5.79. The van der Waals surface area contributed by atoms with E-state index in [1.807, 2.05) is 18.2 Å². The van der Waals surface area contributed by atoms with Crippen LogP contribution in [-0.4, -0.2) is 21.0 Å². The van der Waals surface area contributed by atoms with Gasteiger partial charge >= 0.3 is 0 Å². The SMILES string of the molecule is CC[C@@H](C)Nc1nc(Nc2ccc(C(C)(C)C)cc2)cc(-c2ccncc2)n1. The Kier molecular flexibility index (Phi) is 5.93. The Morgan fingerprint density at radius 1 is 0.964 bits per heavy atom. The molecular weight excluding hydrogens is 346 g/mol. The van der Waals surface area contributed by atoms with Crippen molar-refractivity contribution in [2.75, 3.05) is 10.6 Å². The molecule has 0 spiro atoms. The van der Waals surface area contributed by atoms with Gasteiger partial charge < -0.3 is 10.6 Å². The summed E-state index contributed by atoms with van der Waals surface area (Å²) in [5.41, 5.74) is 4.31. The maximum Gasteiger partial charge on any atom is 0.225 e. The van der Waals surface area contributed by atoms with Gasteiger partial charge in [-0.1, -0.05) is 39.8 Å². The highest BCUT2D eigenvalue weighted by molar-refractivity contribution is 5.67. The third-order valence-electron chi connectivity index (χ3n) is 4.71. The van der Waals surface area contributed by atoms with Crippen molar-refractivity contribution in [3.05, 3.63) is 60.4 Å². The number of anilines is 3. The Balaban J connectivity index is 1.91. The highest BCUT2D eigenvalue weighted by atomic mass is 15.2. The van der Waals surface area contributed by atoms with Gasteiger partial charge in [-0.25, -0.2) is 4.98 Å². The molecule has 0 unspecified atom stereocenters. The number of nitrogens with zero attached hydrogens (tertiary/aromatic N) is 3. The minimum absolute atomic E-state index is 0.134. The van der Waals surface area contributed by atoms with Crippen molar-refractivity contribution < 1.29 is 0 Å². The molecular formula is C23H29N5. The standard InChI is InChI=1S/C23H29N5/c1-6-16(2)25-22-27-20(17-11-13-24-14-12-17)15-21(28-22)26-19-9-7-18(8-10-19)23(3,4)5/h7-16H,6H2,1-5H3,(H2,25,26,27,28)/t16-/m1/s1. The molecule has 0 saturated heterocycles. The van der Waals surface area contributed by atoms with E-state index in [1.165, 1.54) is 5.56 Å². The topological polar surface area (TPSA) is 62.7 Å². The molecule has 2 aromatic heterocycles. The molecule has 1 aromatic carbocycles. The van der Waals surface area contributed by atoms with Gasteiger partial charge in [-0.05, 0) is 48.6 Å². The summed E-state index contributed by atoms with van der Waals surface area (Å²) in [6.45, 7) is 10.9. The number of hydrogen-bond acceptors (Lipinski definition) is 5. The number of hydrogen-bond donors (Lipinski definition) is 2. The van der Waals surface area contributed by atoms with Crippen LogP contribution in [0.5, 0.6) is 0 Å². The van der Waals surface area contributed by atoms with Gasteiger partial charge in [-0.15, -0.1) is 0 Å². The van der Waals surface area contributed by atoms with Gasteiger partial charge in [0.1, 0.15) is 5.82 Å². The van der Waals surface area contributed by atoms with Gasteiger partial charge in [-0.3, -0.25) is 4.98 Å². The summed E-state index contributed by atoms with van der Waals surface area (Å²) in [7, 11) is 0. The minimum atomic E-state index is 0.134. The Labute approximate surface area is 167 Å². The lowest BCUT2D eigenvalue weighted by Crippen LogP contribution is -2.16. The summed E-state index contributed by atoms with van der Waals surface area (Å²) in [5.74, 6) is 1.38. The first kappa shape index (κ1) is 19.8. The molecule has 0 aliphatic heterocycles. The normalized spacial score (nSPS) is 12.5. The Morgan fingerprint density at radius 3 is 2.25 bits per heavy atom. The molecule has 2 N–H and O–H groups in total. The van der Waals surface area contributed by atoms with Gasteiger partial charge in [0.25, 0.3) is 0 Å². The Bertz CT molecular complexity index is 899. The Morgan fingerprint density at radius 2 is 1.64 bits per heavy atom. The van der Waals surface area contributed by atoms with Crippen molar-refractivity contribution in [3.8, 4) is 11.3 Å². The van der Waals surface area contributed by atoms with Crippen LogP contribution in [0.4, 0.5) is 17.5 Å². The lowest BCUT2D eigenvalue weighted by molar-refractivity contribution is 0.590. The zero-order chi connectivity index (χ0) is 20.1. The molecule has 0 bridgehead atoms.